The van der Waals surface area contributed by atoms with E-state index in [4.69, 9.17) is 11.6 Å². The summed E-state index contributed by atoms with van der Waals surface area (Å²) in [6.07, 6.45) is 1.18. The van der Waals surface area contributed by atoms with E-state index in [2.05, 4.69) is 11.4 Å². The number of amides is 1. The standard InChI is InChI=1S/C17H18ClNO/c1-12-3-9-16(13(2)11-12)19-17(20)10-6-14-4-7-15(18)8-5-14/h3-5,7-9,11H,6,10H2,1-2H3,(H,19,20). The van der Waals surface area contributed by atoms with E-state index in [9.17, 15) is 4.79 Å². The summed E-state index contributed by atoms with van der Waals surface area (Å²) in [4.78, 5) is 12.0. The lowest BCUT2D eigenvalue weighted by Gasteiger charge is -2.09. The van der Waals surface area contributed by atoms with Crippen molar-refractivity contribution < 1.29 is 4.79 Å². The maximum Gasteiger partial charge on any atom is 0.224 e. The second kappa shape index (κ2) is 6.58. The molecule has 0 radical (unpaired) electrons. The fourth-order valence-corrected chi connectivity index (χ4v) is 2.20. The molecule has 1 amide bonds. The van der Waals surface area contributed by atoms with Crippen molar-refractivity contribution in [2.75, 3.05) is 5.32 Å². The van der Waals surface area contributed by atoms with Crippen LogP contribution < -0.4 is 5.32 Å². The third-order valence-corrected chi connectivity index (χ3v) is 3.46. The second-order valence-electron chi connectivity index (χ2n) is 4.99. The zero-order chi connectivity index (χ0) is 14.5. The van der Waals surface area contributed by atoms with E-state index in [0.29, 0.717) is 17.9 Å². The average molecular weight is 288 g/mol. The van der Waals surface area contributed by atoms with Gasteiger partial charge in [-0.3, -0.25) is 4.79 Å². The molecule has 0 saturated heterocycles. The van der Waals surface area contributed by atoms with E-state index in [1.54, 1.807) is 0 Å². The number of nitrogens with one attached hydrogen (secondary N) is 1. The molecule has 1 N–H and O–H groups in total. The Bertz CT molecular complexity index is 605. The molecule has 0 aliphatic carbocycles. The Labute approximate surface area is 124 Å². The molecule has 20 heavy (non-hydrogen) atoms. The largest absolute Gasteiger partial charge is 0.326 e. The molecule has 2 aromatic carbocycles. The van der Waals surface area contributed by atoms with Crippen LogP contribution >= 0.6 is 11.6 Å². The summed E-state index contributed by atoms with van der Waals surface area (Å²) in [5.41, 5.74) is 4.29. The summed E-state index contributed by atoms with van der Waals surface area (Å²) in [7, 11) is 0. The van der Waals surface area contributed by atoms with Gasteiger partial charge in [-0.25, -0.2) is 0 Å². The SMILES string of the molecule is Cc1ccc(NC(=O)CCc2ccc(Cl)cc2)c(C)c1. The lowest BCUT2D eigenvalue weighted by Crippen LogP contribution is -2.13. The lowest BCUT2D eigenvalue weighted by molar-refractivity contribution is -0.116. The number of halogens is 1. The number of carbonyl (C=O) groups is 1. The third kappa shape index (κ3) is 4.10. The number of hydrogen-bond donors (Lipinski definition) is 1. The van der Waals surface area contributed by atoms with Crippen LogP contribution in [0.4, 0.5) is 5.69 Å². The van der Waals surface area contributed by atoms with Crippen LogP contribution in [0.5, 0.6) is 0 Å². The molecular weight excluding hydrogens is 270 g/mol. The Morgan fingerprint density at radius 2 is 1.80 bits per heavy atom. The number of aryl methyl sites for hydroxylation is 3. The molecule has 104 valence electrons. The van der Waals surface area contributed by atoms with Crippen molar-refractivity contribution in [3.05, 3.63) is 64.2 Å². The van der Waals surface area contributed by atoms with E-state index in [1.165, 1.54) is 5.56 Å². The first-order chi connectivity index (χ1) is 9.54. The zero-order valence-corrected chi connectivity index (χ0v) is 12.5. The predicted octanol–water partition coefficient (Wildman–Crippen LogP) is 4.53. The minimum atomic E-state index is 0.0342. The van der Waals surface area contributed by atoms with Gasteiger partial charge in [0.15, 0.2) is 0 Å². The molecule has 2 rings (SSSR count). The Kier molecular flexibility index (Phi) is 4.80. The number of anilines is 1. The van der Waals surface area contributed by atoms with Crippen LogP contribution in [-0.4, -0.2) is 5.91 Å². The fourth-order valence-electron chi connectivity index (χ4n) is 2.08. The molecule has 0 unspecified atom stereocenters. The highest BCUT2D eigenvalue weighted by atomic mass is 35.5. The number of hydrogen-bond acceptors (Lipinski definition) is 1. The zero-order valence-electron chi connectivity index (χ0n) is 11.7. The van der Waals surface area contributed by atoms with Crippen molar-refractivity contribution in [3.63, 3.8) is 0 Å². The third-order valence-electron chi connectivity index (χ3n) is 3.21. The molecular formula is C17H18ClNO. The summed E-state index contributed by atoms with van der Waals surface area (Å²) in [5, 5.41) is 3.67. The van der Waals surface area contributed by atoms with Crippen LogP contribution in [0.25, 0.3) is 0 Å². The van der Waals surface area contributed by atoms with Crippen LogP contribution in [0, 0.1) is 13.8 Å². The molecule has 0 aromatic heterocycles. The van der Waals surface area contributed by atoms with Gasteiger partial charge in [-0.1, -0.05) is 41.4 Å². The van der Waals surface area contributed by atoms with Crippen LogP contribution in [0.3, 0.4) is 0 Å². The molecule has 0 aliphatic heterocycles. The predicted molar refractivity (Wildman–Crippen MR) is 84.3 cm³/mol. The Hall–Kier alpha value is -1.80. The summed E-state index contributed by atoms with van der Waals surface area (Å²) < 4.78 is 0. The van der Waals surface area contributed by atoms with Gasteiger partial charge < -0.3 is 5.32 Å². The monoisotopic (exact) mass is 287 g/mol. The topological polar surface area (TPSA) is 29.1 Å². The van der Waals surface area contributed by atoms with E-state index in [1.807, 2.05) is 50.2 Å². The van der Waals surface area contributed by atoms with Crippen LogP contribution in [0.2, 0.25) is 5.02 Å². The minimum Gasteiger partial charge on any atom is -0.326 e. The first-order valence-corrected chi connectivity index (χ1v) is 7.04. The van der Waals surface area contributed by atoms with Gasteiger partial charge in [0.1, 0.15) is 0 Å². The van der Waals surface area contributed by atoms with Gasteiger partial charge in [0, 0.05) is 17.1 Å². The van der Waals surface area contributed by atoms with Crippen molar-refractivity contribution in [2.45, 2.75) is 26.7 Å². The summed E-state index contributed by atoms with van der Waals surface area (Å²) in [6.45, 7) is 4.04. The van der Waals surface area contributed by atoms with E-state index < -0.39 is 0 Å². The molecule has 0 spiro atoms. The van der Waals surface area contributed by atoms with Gasteiger partial charge in [-0.2, -0.15) is 0 Å². The maximum atomic E-state index is 12.0. The summed E-state index contributed by atoms with van der Waals surface area (Å²) in [6, 6.07) is 13.6. The normalized spacial score (nSPS) is 10.3. The Morgan fingerprint density at radius 3 is 2.45 bits per heavy atom. The van der Waals surface area contributed by atoms with Crippen molar-refractivity contribution in [2.24, 2.45) is 0 Å². The molecule has 2 nitrogen and oxygen atoms in total. The molecule has 0 atom stereocenters. The second-order valence-corrected chi connectivity index (χ2v) is 5.43. The van der Waals surface area contributed by atoms with Crippen molar-refractivity contribution in [3.8, 4) is 0 Å². The highest BCUT2D eigenvalue weighted by Gasteiger charge is 2.05. The van der Waals surface area contributed by atoms with E-state index >= 15 is 0 Å². The first kappa shape index (κ1) is 14.6. The number of benzene rings is 2. The quantitative estimate of drug-likeness (QED) is 0.879. The van der Waals surface area contributed by atoms with Gasteiger partial charge in [0.2, 0.25) is 5.91 Å². The molecule has 2 aromatic rings. The highest BCUT2D eigenvalue weighted by Crippen LogP contribution is 2.17. The fraction of sp³-hybridized carbons (Fsp3) is 0.235. The first-order valence-electron chi connectivity index (χ1n) is 6.66. The summed E-state index contributed by atoms with van der Waals surface area (Å²) >= 11 is 5.83. The summed E-state index contributed by atoms with van der Waals surface area (Å²) in [5.74, 6) is 0.0342. The smallest absolute Gasteiger partial charge is 0.224 e. The van der Waals surface area contributed by atoms with E-state index in [0.717, 1.165) is 16.8 Å². The molecule has 0 fully saturated rings. The van der Waals surface area contributed by atoms with Crippen LogP contribution in [-0.2, 0) is 11.2 Å². The molecule has 0 heterocycles. The number of rotatable bonds is 4. The molecule has 0 aliphatic rings. The Balaban J connectivity index is 1.90. The highest BCUT2D eigenvalue weighted by molar-refractivity contribution is 6.30. The van der Waals surface area contributed by atoms with Gasteiger partial charge in [0.05, 0.1) is 0 Å². The van der Waals surface area contributed by atoms with Crippen molar-refractivity contribution >= 4 is 23.2 Å². The van der Waals surface area contributed by atoms with Gasteiger partial charge in [-0.15, -0.1) is 0 Å². The van der Waals surface area contributed by atoms with E-state index in [-0.39, 0.29) is 5.91 Å². The van der Waals surface area contributed by atoms with Gasteiger partial charge >= 0.3 is 0 Å². The average Bonchev–Trinajstić information content (AvgIpc) is 2.41. The lowest BCUT2D eigenvalue weighted by atomic mass is 10.1. The van der Waals surface area contributed by atoms with Crippen LogP contribution in [0.15, 0.2) is 42.5 Å². The minimum absolute atomic E-state index is 0.0342. The molecule has 3 heteroatoms. The maximum absolute atomic E-state index is 12.0. The number of carbonyl (C=O) groups excluding carboxylic acids is 1. The Morgan fingerprint density at radius 1 is 1.10 bits per heavy atom. The van der Waals surface area contributed by atoms with Gasteiger partial charge in [0.25, 0.3) is 0 Å². The molecule has 0 bridgehead atoms. The van der Waals surface area contributed by atoms with Crippen molar-refractivity contribution in [1.82, 2.24) is 0 Å². The van der Waals surface area contributed by atoms with Crippen LogP contribution in [0.1, 0.15) is 23.1 Å². The molecule has 0 saturated carbocycles. The van der Waals surface area contributed by atoms with Gasteiger partial charge in [-0.05, 0) is 49.6 Å². The van der Waals surface area contributed by atoms with Crippen molar-refractivity contribution in [1.29, 1.82) is 0 Å².